The van der Waals surface area contributed by atoms with Crippen LogP contribution in [0.3, 0.4) is 0 Å². The van der Waals surface area contributed by atoms with Crippen molar-refractivity contribution in [3.63, 3.8) is 0 Å². The summed E-state index contributed by atoms with van der Waals surface area (Å²) in [6.45, 7) is 7.13. The molecule has 2 heteroatoms. The minimum atomic E-state index is 0.526. The minimum Gasteiger partial charge on any atom is -0.496 e. The summed E-state index contributed by atoms with van der Waals surface area (Å²) in [7, 11) is 1.72. The lowest BCUT2D eigenvalue weighted by Gasteiger charge is -2.15. The fourth-order valence-electron chi connectivity index (χ4n) is 2.01. The van der Waals surface area contributed by atoms with Crippen molar-refractivity contribution in [2.45, 2.75) is 33.1 Å². The molecule has 1 aromatic carbocycles. The van der Waals surface area contributed by atoms with Gasteiger partial charge in [-0.3, -0.25) is 0 Å². The predicted molar refractivity (Wildman–Crippen MR) is 64.6 cm³/mol. The molecule has 0 aliphatic carbocycles. The zero-order valence-electron chi connectivity index (χ0n) is 10.1. The van der Waals surface area contributed by atoms with Gasteiger partial charge in [-0.25, -0.2) is 0 Å². The van der Waals surface area contributed by atoms with Gasteiger partial charge in [0.25, 0.3) is 0 Å². The summed E-state index contributed by atoms with van der Waals surface area (Å²) in [6.07, 6.45) is 1.03. The Balaban J connectivity index is 3.02. The molecule has 15 heavy (non-hydrogen) atoms. The molecule has 0 saturated carbocycles. The molecular weight excluding hydrogens is 186 g/mol. The van der Waals surface area contributed by atoms with Crippen molar-refractivity contribution in [3.8, 4) is 5.75 Å². The lowest BCUT2D eigenvalue weighted by atomic mass is 9.94. The third kappa shape index (κ3) is 2.72. The molecule has 0 spiro atoms. The van der Waals surface area contributed by atoms with Crippen molar-refractivity contribution in [1.29, 1.82) is 0 Å². The lowest BCUT2D eigenvalue weighted by molar-refractivity contribution is 0.408. The molecule has 0 fully saturated rings. The first kappa shape index (κ1) is 12.1. The van der Waals surface area contributed by atoms with Gasteiger partial charge in [0, 0.05) is 0 Å². The van der Waals surface area contributed by atoms with E-state index >= 15 is 0 Å². The van der Waals surface area contributed by atoms with E-state index in [1.807, 2.05) is 0 Å². The van der Waals surface area contributed by atoms with E-state index in [-0.39, 0.29) is 0 Å². The molecule has 0 aliphatic heterocycles. The molecule has 0 amide bonds. The van der Waals surface area contributed by atoms with E-state index in [0.29, 0.717) is 5.92 Å². The van der Waals surface area contributed by atoms with Crippen molar-refractivity contribution in [1.82, 2.24) is 0 Å². The molecule has 0 aromatic heterocycles. The van der Waals surface area contributed by atoms with Gasteiger partial charge >= 0.3 is 0 Å². The van der Waals surface area contributed by atoms with E-state index in [9.17, 15) is 0 Å². The summed E-state index contributed by atoms with van der Waals surface area (Å²) < 4.78 is 5.35. The molecule has 1 aromatic rings. The number of benzene rings is 1. The topological polar surface area (TPSA) is 35.2 Å². The van der Waals surface area contributed by atoms with Crippen molar-refractivity contribution in [3.05, 3.63) is 28.8 Å². The van der Waals surface area contributed by atoms with Crippen LogP contribution < -0.4 is 10.5 Å². The Morgan fingerprint density at radius 2 is 1.80 bits per heavy atom. The van der Waals surface area contributed by atoms with Gasteiger partial charge in [0.05, 0.1) is 7.11 Å². The first-order chi connectivity index (χ1) is 7.10. The molecule has 0 aliphatic rings. The van der Waals surface area contributed by atoms with E-state index in [4.69, 9.17) is 10.5 Å². The van der Waals surface area contributed by atoms with E-state index in [1.165, 1.54) is 16.7 Å². The van der Waals surface area contributed by atoms with Crippen molar-refractivity contribution in [2.75, 3.05) is 13.7 Å². The van der Waals surface area contributed by atoms with Gasteiger partial charge in [-0.15, -0.1) is 0 Å². The number of methoxy groups -OCH3 is 1. The van der Waals surface area contributed by atoms with Crippen LogP contribution in [-0.4, -0.2) is 13.7 Å². The van der Waals surface area contributed by atoms with Gasteiger partial charge < -0.3 is 10.5 Å². The maximum absolute atomic E-state index is 5.57. The Labute approximate surface area is 92.4 Å². The van der Waals surface area contributed by atoms with Gasteiger partial charge in [0.2, 0.25) is 0 Å². The molecule has 2 N–H and O–H groups in total. The van der Waals surface area contributed by atoms with Gasteiger partial charge in [0.1, 0.15) is 5.75 Å². The lowest BCUT2D eigenvalue weighted by Crippen LogP contribution is -2.05. The summed E-state index contributed by atoms with van der Waals surface area (Å²) >= 11 is 0. The molecule has 0 bridgehead atoms. The van der Waals surface area contributed by atoms with E-state index in [1.54, 1.807) is 7.11 Å². The summed E-state index contributed by atoms with van der Waals surface area (Å²) in [6, 6.07) is 4.40. The van der Waals surface area contributed by atoms with Gasteiger partial charge in [-0.05, 0) is 49.4 Å². The van der Waals surface area contributed by atoms with Crippen molar-refractivity contribution >= 4 is 0 Å². The second kappa shape index (κ2) is 5.17. The fourth-order valence-corrected chi connectivity index (χ4v) is 2.01. The summed E-state index contributed by atoms with van der Waals surface area (Å²) in [5, 5.41) is 0. The quantitative estimate of drug-likeness (QED) is 0.824. The Kier molecular flexibility index (Phi) is 4.15. The fraction of sp³-hybridized carbons (Fsp3) is 0.538. The van der Waals surface area contributed by atoms with Gasteiger partial charge in [-0.1, -0.05) is 19.1 Å². The maximum atomic E-state index is 5.57. The number of nitrogens with two attached hydrogens (primary N) is 1. The highest BCUT2D eigenvalue weighted by Crippen LogP contribution is 2.28. The van der Waals surface area contributed by atoms with Crippen LogP contribution in [-0.2, 0) is 0 Å². The summed E-state index contributed by atoms with van der Waals surface area (Å²) in [4.78, 5) is 0. The Bertz CT molecular complexity index is 310. The first-order valence-corrected chi connectivity index (χ1v) is 5.45. The van der Waals surface area contributed by atoms with Crippen LogP contribution in [0.1, 0.15) is 36.0 Å². The Hall–Kier alpha value is -1.02. The summed E-state index contributed by atoms with van der Waals surface area (Å²) in [5.41, 5.74) is 9.34. The highest BCUT2D eigenvalue weighted by molar-refractivity contribution is 5.44. The molecule has 0 heterocycles. The third-order valence-corrected chi connectivity index (χ3v) is 2.86. The van der Waals surface area contributed by atoms with Gasteiger partial charge in [-0.2, -0.15) is 0 Å². The molecular formula is C13H21NO. The number of ether oxygens (including phenoxy) is 1. The van der Waals surface area contributed by atoms with E-state index < -0.39 is 0 Å². The second-order valence-corrected chi connectivity index (χ2v) is 4.17. The van der Waals surface area contributed by atoms with Crippen LogP contribution in [0.15, 0.2) is 12.1 Å². The number of aryl methyl sites for hydroxylation is 2. The van der Waals surface area contributed by atoms with Crippen LogP contribution in [0.25, 0.3) is 0 Å². The standard InChI is InChI=1S/C13H21NO/c1-9(5-6-14)12-7-10(2)13(15-4)11(3)8-12/h7-9H,5-6,14H2,1-4H3. The van der Waals surface area contributed by atoms with Crippen LogP contribution in [0, 0.1) is 13.8 Å². The largest absolute Gasteiger partial charge is 0.496 e. The molecule has 2 nitrogen and oxygen atoms in total. The highest BCUT2D eigenvalue weighted by atomic mass is 16.5. The van der Waals surface area contributed by atoms with Crippen LogP contribution >= 0.6 is 0 Å². The number of hydrogen-bond acceptors (Lipinski definition) is 2. The Morgan fingerprint density at radius 3 is 2.20 bits per heavy atom. The molecule has 0 saturated heterocycles. The van der Waals surface area contributed by atoms with E-state index in [2.05, 4.69) is 32.9 Å². The van der Waals surface area contributed by atoms with Crippen LogP contribution in [0.5, 0.6) is 5.75 Å². The zero-order valence-corrected chi connectivity index (χ0v) is 10.1. The highest BCUT2D eigenvalue weighted by Gasteiger charge is 2.09. The molecule has 1 rings (SSSR count). The van der Waals surface area contributed by atoms with Crippen molar-refractivity contribution in [2.24, 2.45) is 5.73 Å². The first-order valence-electron chi connectivity index (χ1n) is 5.45. The predicted octanol–water partition coefficient (Wildman–Crippen LogP) is 2.76. The SMILES string of the molecule is COc1c(C)cc(C(C)CCN)cc1C. The number of hydrogen-bond donors (Lipinski definition) is 1. The normalized spacial score (nSPS) is 12.6. The zero-order chi connectivity index (χ0) is 11.4. The molecule has 0 radical (unpaired) electrons. The molecule has 1 atom stereocenters. The minimum absolute atomic E-state index is 0.526. The van der Waals surface area contributed by atoms with Crippen LogP contribution in [0.4, 0.5) is 0 Å². The smallest absolute Gasteiger partial charge is 0.124 e. The molecule has 1 unspecified atom stereocenters. The Morgan fingerprint density at radius 1 is 1.27 bits per heavy atom. The van der Waals surface area contributed by atoms with E-state index in [0.717, 1.165) is 18.7 Å². The second-order valence-electron chi connectivity index (χ2n) is 4.17. The summed E-state index contributed by atoms with van der Waals surface area (Å²) in [5.74, 6) is 1.53. The average molecular weight is 207 g/mol. The van der Waals surface area contributed by atoms with Crippen molar-refractivity contribution < 1.29 is 4.74 Å². The van der Waals surface area contributed by atoms with Crippen LogP contribution in [0.2, 0.25) is 0 Å². The molecule has 84 valence electrons. The third-order valence-electron chi connectivity index (χ3n) is 2.86. The van der Waals surface area contributed by atoms with Gasteiger partial charge in [0.15, 0.2) is 0 Å². The maximum Gasteiger partial charge on any atom is 0.124 e. The average Bonchev–Trinajstić information content (AvgIpc) is 2.17. The monoisotopic (exact) mass is 207 g/mol. The number of rotatable bonds is 4.